The van der Waals surface area contributed by atoms with Crippen LogP contribution in [0.1, 0.15) is 21.6 Å². The molecule has 0 bridgehead atoms. The van der Waals surface area contributed by atoms with Crippen molar-refractivity contribution in [1.29, 1.82) is 0 Å². The van der Waals surface area contributed by atoms with Gasteiger partial charge in [-0.3, -0.25) is 14.2 Å². The summed E-state index contributed by atoms with van der Waals surface area (Å²) in [7, 11) is 5.78. The number of aromatic carboxylic acids is 1. The molecule has 1 aliphatic carbocycles. The third kappa shape index (κ3) is 3.22. The first kappa shape index (κ1) is 21.0. The molecular formula is C24H20ClN5O3. The number of hydrogen-bond acceptors (Lipinski definition) is 6. The van der Waals surface area contributed by atoms with Crippen LogP contribution in [0.25, 0.3) is 27.9 Å². The van der Waals surface area contributed by atoms with E-state index in [1.54, 1.807) is 18.5 Å². The van der Waals surface area contributed by atoms with Gasteiger partial charge in [-0.1, -0.05) is 11.6 Å². The third-order valence-electron chi connectivity index (χ3n) is 5.92. The van der Waals surface area contributed by atoms with Crippen LogP contribution in [-0.2, 0) is 6.42 Å². The molecule has 166 valence electrons. The van der Waals surface area contributed by atoms with Gasteiger partial charge in [0.25, 0.3) is 5.56 Å². The Morgan fingerprint density at radius 2 is 1.97 bits per heavy atom. The summed E-state index contributed by atoms with van der Waals surface area (Å²) in [4.78, 5) is 35.0. The quantitative estimate of drug-likeness (QED) is 0.420. The second-order valence-electron chi connectivity index (χ2n) is 8.07. The van der Waals surface area contributed by atoms with E-state index >= 15 is 0 Å². The number of fused-ring (bicyclic) bond motifs is 4. The Morgan fingerprint density at radius 1 is 1.18 bits per heavy atom. The molecule has 0 aliphatic heterocycles. The zero-order chi connectivity index (χ0) is 23.4. The monoisotopic (exact) mass is 461 g/mol. The number of carbonyl (C=O) groups is 1. The summed E-state index contributed by atoms with van der Waals surface area (Å²) in [6.07, 6.45) is 5.17. The van der Waals surface area contributed by atoms with Crippen molar-refractivity contribution in [2.24, 2.45) is 0 Å². The van der Waals surface area contributed by atoms with E-state index in [1.165, 1.54) is 4.40 Å². The number of benzene rings is 1. The summed E-state index contributed by atoms with van der Waals surface area (Å²) in [5.74, 6) is -1.31. The van der Waals surface area contributed by atoms with Crippen LogP contribution in [0, 0.1) is 0 Å². The predicted octanol–water partition coefficient (Wildman–Crippen LogP) is 3.79. The molecule has 1 aromatic carbocycles. The lowest BCUT2D eigenvalue weighted by Gasteiger charge is -2.22. The highest BCUT2D eigenvalue weighted by molar-refractivity contribution is 6.31. The second kappa shape index (κ2) is 7.60. The van der Waals surface area contributed by atoms with Crippen LogP contribution < -0.4 is 15.8 Å². The fraction of sp³-hybridized carbons (Fsp3) is 0.167. The fourth-order valence-corrected chi connectivity index (χ4v) is 4.67. The van der Waals surface area contributed by atoms with Crippen molar-refractivity contribution >= 4 is 34.6 Å². The van der Waals surface area contributed by atoms with Crippen LogP contribution in [-0.4, -0.2) is 46.6 Å². The van der Waals surface area contributed by atoms with Crippen LogP contribution >= 0.6 is 11.6 Å². The minimum atomic E-state index is -1.31. The fourth-order valence-electron chi connectivity index (χ4n) is 4.46. The normalized spacial score (nSPS) is 11.9. The Kier molecular flexibility index (Phi) is 4.83. The van der Waals surface area contributed by atoms with Gasteiger partial charge in [-0.25, -0.2) is 9.78 Å². The number of aromatic nitrogens is 3. The number of rotatable bonds is 4. The lowest BCUT2D eigenvalue weighted by molar-refractivity contribution is 0.0694. The molecule has 0 atom stereocenters. The molecule has 0 spiro atoms. The largest absolute Gasteiger partial charge is 0.477 e. The average molecular weight is 462 g/mol. The number of nitrogens with zero attached hydrogens (tertiary/aromatic N) is 4. The minimum Gasteiger partial charge on any atom is -0.477 e. The molecule has 2 N–H and O–H groups in total. The number of hydrogen-bond donors (Lipinski definition) is 2. The SMILES string of the molecule is CNc1cc(Cl)cc2c1Cc1ncc(-c3ccc4ncc(C(=O)O)c(=O)n4c3)c(N(C)C)c1-2. The Hall–Kier alpha value is -3.91. The van der Waals surface area contributed by atoms with Gasteiger partial charge in [-0.05, 0) is 35.4 Å². The standard InChI is InChI=1S/C24H20ClN5O3/c1-26-18-7-13(25)6-15-14(18)8-19-21(15)22(29(2)3)16(9-27-19)12-4-5-20-28-10-17(24(32)33)23(31)30(20)11-12/h4-7,9-11,26H,8H2,1-3H3,(H,32,33). The maximum Gasteiger partial charge on any atom is 0.342 e. The molecule has 5 rings (SSSR count). The summed E-state index contributed by atoms with van der Waals surface area (Å²) in [6.45, 7) is 0. The molecular weight excluding hydrogens is 442 g/mol. The van der Waals surface area contributed by atoms with Gasteiger partial charge < -0.3 is 15.3 Å². The first-order chi connectivity index (χ1) is 15.8. The van der Waals surface area contributed by atoms with Crippen LogP contribution in [0.5, 0.6) is 0 Å². The van der Waals surface area contributed by atoms with E-state index < -0.39 is 11.5 Å². The topological polar surface area (TPSA) is 99.8 Å². The van der Waals surface area contributed by atoms with E-state index in [-0.39, 0.29) is 5.56 Å². The number of halogens is 1. The Bertz CT molecular complexity index is 1530. The van der Waals surface area contributed by atoms with Gasteiger partial charge in [0.05, 0.1) is 11.4 Å². The molecule has 3 aromatic heterocycles. The van der Waals surface area contributed by atoms with Crippen LogP contribution in [0.4, 0.5) is 11.4 Å². The number of nitrogens with one attached hydrogen (secondary N) is 1. The molecule has 0 saturated carbocycles. The van der Waals surface area contributed by atoms with Crippen LogP contribution in [0.3, 0.4) is 0 Å². The first-order valence-corrected chi connectivity index (χ1v) is 10.6. The van der Waals surface area contributed by atoms with E-state index in [0.29, 0.717) is 17.1 Å². The van der Waals surface area contributed by atoms with E-state index in [0.717, 1.165) is 51.1 Å². The minimum absolute atomic E-state index is 0.366. The summed E-state index contributed by atoms with van der Waals surface area (Å²) in [5, 5.41) is 13.2. The van der Waals surface area contributed by atoms with Crippen molar-refractivity contribution < 1.29 is 9.90 Å². The molecule has 0 radical (unpaired) electrons. The highest BCUT2D eigenvalue weighted by atomic mass is 35.5. The lowest BCUT2D eigenvalue weighted by atomic mass is 9.98. The van der Waals surface area contributed by atoms with Crippen molar-refractivity contribution in [2.45, 2.75) is 6.42 Å². The number of pyridine rings is 2. The van der Waals surface area contributed by atoms with Crippen molar-refractivity contribution in [3.8, 4) is 22.3 Å². The number of anilines is 2. The maximum atomic E-state index is 12.7. The Balaban J connectivity index is 1.78. The van der Waals surface area contributed by atoms with Crippen LogP contribution in [0.2, 0.25) is 5.02 Å². The third-order valence-corrected chi connectivity index (χ3v) is 6.14. The summed E-state index contributed by atoms with van der Waals surface area (Å²) < 4.78 is 1.26. The van der Waals surface area contributed by atoms with Gasteiger partial charge in [0, 0.05) is 73.6 Å². The van der Waals surface area contributed by atoms with Gasteiger partial charge in [0.1, 0.15) is 11.2 Å². The van der Waals surface area contributed by atoms with Gasteiger partial charge in [0.2, 0.25) is 0 Å². The highest BCUT2D eigenvalue weighted by Gasteiger charge is 2.28. The first-order valence-electron chi connectivity index (χ1n) is 10.2. The van der Waals surface area contributed by atoms with Crippen molar-refractivity contribution in [3.63, 3.8) is 0 Å². The van der Waals surface area contributed by atoms with E-state index in [1.807, 2.05) is 44.2 Å². The summed E-state index contributed by atoms with van der Waals surface area (Å²) >= 11 is 6.42. The molecule has 0 fully saturated rings. The average Bonchev–Trinajstić information content (AvgIpc) is 3.16. The molecule has 4 aromatic rings. The van der Waals surface area contributed by atoms with Gasteiger partial charge in [0.15, 0.2) is 0 Å². The van der Waals surface area contributed by atoms with Gasteiger partial charge in [-0.15, -0.1) is 0 Å². The molecule has 9 heteroatoms. The van der Waals surface area contributed by atoms with E-state index in [2.05, 4.69) is 10.3 Å². The molecule has 8 nitrogen and oxygen atoms in total. The Morgan fingerprint density at radius 3 is 2.67 bits per heavy atom. The van der Waals surface area contributed by atoms with Crippen molar-refractivity contribution in [3.05, 3.63) is 75.1 Å². The van der Waals surface area contributed by atoms with Crippen molar-refractivity contribution in [2.75, 3.05) is 31.4 Å². The van der Waals surface area contributed by atoms with E-state index in [9.17, 15) is 14.7 Å². The zero-order valence-electron chi connectivity index (χ0n) is 18.2. The summed E-state index contributed by atoms with van der Waals surface area (Å²) in [6, 6.07) is 7.41. The number of carboxylic acid groups (broad SMARTS) is 1. The van der Waals surface area contributed by atoms with E-state index in [4.69, 9.17) is 16.6 Å². The smallest absolute Gasteiger partial charge is 0.342 e. The van der Waals surface area contributed by atoms with Crippen molar-refractivity contribution in [1.82, 2.24) is 14.4 Å². The molecule has 0 saturated heterocycles. The van der Waals surface area contributed by atoms with Gasteiger partial charge >= 0.3 is 5.97 Å². The summed E-state index contributed by atoms with van der Waals surface area (Å²) in [5.41, 5.74) is 6.89. The maximum absolute atomic E-state index is 12.7. The highest BCUT2D eigenvalue weighted by Crippen LogP contribution is 2.48. The second-order valence-corrected chi connectivity index (χ2v) is 8.51. The zero-order valence-corrected chi connectivity index (χ0v) is 18.9. The molecule has 1 aliphatic rings. The number of carboxylic acids is 1. The molecule has 3 heterocycles. The van der Waals surface area contributed by atoms with Gasteiger partial charge in [-0.2, -0.15) is 0 Å². The predicted molar refractivity (Wildman–Crippen MR) is 129 cm³/mol. The van der Waals surface area contributed by atoms with Crippen LogP contribution in [0.15, 0.2) is 47.7 Å². The molecule has 33 heavy (non-hydrogen) atoms. The lowest BCUT2D eigenvalue weighted by Crippen LogP contribution is -2.22. The molecule has 0 unspecified atom stereocenters. The molecule has 0 amide bonds. The Labute approximate surface area is 194 Å².